The lowest BCUT2D eigenvalue weighted by molar-refractivity contribution is -0.119. The fourth-order valence-corrected chi connectivity index (χ4v) is 3.81. The molecule has 0 aliphatic heterocycles. The first-order valence-corrected chi connectivity index (χ1v) is 10.9. The van der Waals surface area contributed by atoms with Crippen molar-refractivity contribution in [3.8, 4) is 17.1 Å². The third-order valence-corrected chi connectivity index (χ3v) is 5.68. The number of nitrogens with zero attached hydrogens (tertiary/aromatic N) is 3. The Hall–Kier alpha value is -3.56. The average Bonchev–Trinajstić information content (AvgIpc) is 3.42. The second-order valence-corrected chi connectivity index (χ2v) is 8.04. The molecule has 8 nitrogen and oxygen atoms in total. The van der Waals surface area contributed by atoms with Gasteiger partial charge >= 0.3 is 0 Å². The number of halogens is 1. The maximum absolute atomic E-state index is 12.3. The van der Waals surface area contributed by atoms with Gasteiger partial charge < -0.3 is 4.42 Å². The van der Waals surface area contributed by atoms with Crippen molar-refractivity contribution >= 4 is 35.2 Å². The first-order valence-electron chi connectivity index (χ1n) is 9.56. The Morgan fingerprint density at radius 3 is 2.47 bits per heavy atom. The Bertz CT molecular complexity index is 1240. The highest BCUT2D eigenvalue weighted by atomic mass is 35.5. The van der Waals surface area contributed by atoms with Crippen LogP contribution in [-0.2, 0) is 4.79 Å². The number of furan rings is 1. The standard InChI is InChI=1S/C22H18ClN5O3S/c1-14-18(11-12-31-14)20-25-27-22(28(20)17-5-3-2-4-6-17)32-13-19(29)24-26-21(30)15-7-9-16(23)10-8-15/h2-12H,13H2,1H3,(H,24,29)(H,26,30). The van der Waals surface area contributed by atoms with E-state index in [0.717, 1.165) is 11.3 Å². The minimum atomic E-state index is -0.440. The van der Waals surface area contributed by atoms with Crippen molar-refractivity contribution in [3.63, 3.8) is 0 Å². The van der Waals surface area contributed by atoms with Crippen LogP contribution in [0.4, 0.5) is 0 Å². The molecule has 0 spiro atoms. The third kappa shape index (κ3) is 4.84. The van der Waals surface area contributed by atoms with Gasteiger partial charge in [-0.15, -0.1) is 10.2 Å². The van der Waals surface area contributed by atoms with E-state index in [4.69, 9.17) is 16.0 Å². The highest BCUT2D eigenvalue weighted by molar-refractivity contribution is 7.99. The van der Waals surface area contributed by atoms with Crippen molar-refractivity contribution < 1.29 is 14.0 Å². The number of hydrazine groups is 1. The van der Waals surface area contributed by atoms with E-state index in [-0.39, 0.29) is 11.7 Å². The van der Waals surface area contributed by atoms with Gasteiger partial charge in [0.2, 0.25) is 5.91 Å². The molecule has 4 rings (SSSR count). The zero-order valence-corrected chi connectivity index (χ0v) is 18.5. The van der Waals surface area contributed by atoms with Crippen LogP contribution in [0.15, 0.2) is 76.5 Å². The summed E-state index contributed by atoms with van der Waals surface area (Å²) in [5, 5.41) is 9.64. The molecule has 2 N–H and O–H groups in total. The van der Waals surface area contributed by atoms with Crippen LogP contribution in [-0.4, -0.2) is 32.3 Å². The van der Waals surface area contributed by atoms with Gasteiger partial charge in [-0.05, 0) is 49.4 Å². The van der Waals surface area contributed by atoms with Gasteiger partial charge in [0, 0.05) is 16.3 Å². The van der Waals surface area contributed by atoms with Crippen LogP contribution in [0.5, 0.6) is 0 Å². The number of rotatable bonds is 6. The fourth-order valence-electron chi connectivity index (χ4n) is 2.93. The smallest absolute Gasteiger partial charge is 0.269 e. The molecule has 32 heavy (non-hydrogen) atoms. The topological polar surface area (TPSA) is 102 Å². The number of carbonyl (C=O) groups is 2. The summed E-state index contributed by atoms with van der Waals surface area (Å²) in [5.41, 5.74) is 6.84. The number of para-hydroxylation sites is 1. The number of hydrogen-bond acceptors (Lipinski definition) is 6. The number of thioether (sulfide) groups is 1. The molecule has 0 saturated carbocycles. The average molecular weight is 468 g/mol. The largest absolute Gasteiger partial charge is 0.469 e. The van der Waals surface area contributed by atoms with Crippen LogP contribution in [0, 0.1) is 6.92 Å². The molecule has 10 heteroatoms. The summed E-state index contributed by atoms with van der Waals surface area (Å²) in [5.74, 6) is 0.525. The lowest BCUT2D eigenvalue weighted by atomic mass is 10.2. The summed E-state index contributed by atoms with van der Waals surface area (Å²) in [7, 11) is 0. The third-order valence-electron chi connectivity index (χ3n) is 4.50. The molecule has 0 aliphatic carbocycles. The number of nitrogens with one attached hydrogen (secondary N) is 2. The number of aromatic nitrogens is 3. The molecule has 2 heterocycles. The van der Waals surface area contributed by atoms with E-state index in [1.165, 1.54) is 11.8 Å². The van der Waals surface area contributed by atoms with Gasteiger partial charge in [-0.3, -0.25) is 25.0 Å². The second-order valence-electron chi connectivity index (χ2n) is 6.67. The molecule has 0 unspecified atom stereocenters. The number of hydrogen-bond donors (Lipinski definition) is 2. The molecule has 4 aromatic rings. The summed E-state index contributed by atoms with van der Waals surface area (Å²) < 4.78 is 7.28. The SMILES string of the molecule is Cc1occc1-c1nnc(SCC(=O)NNC(=O)c2ccc(Cl)cc2)n1-c1ccccc1. The van der Waals surface area contributed by atoms with Crippen LogP contribution in [0.2, 0.25) is 5.02 Å². The zero-order valence-electron chi connectivity index (χ0n) is 16.9. The molecular formula is C22H18ClN5O3S. The highest BCUT2D eigenvalue weighted by Gasteiger charge is 2.19. The molecule has 162 valence electrons. The molecule has 2 amide bonds. The van der Waals surface area contributed by atoms with Gasteiger partial charge in [0.25, 0.3) is 5.91 Å². The Kier molecular flexibility index (Phi) is 6.58. The van der Waals surface area contributed by atoms with Crippen LogP contribution in [0.1, 0.15) is 16.1 Å². The van der Waals surface area contributed by atoms with Crippen molar-refractivity contribution in [2.75, 3.05) is 5.75 Å². The van der Waals surface area contributed by atoms with Gasteiger partial charge in [0.1, 0.15) is 5.76 Å². The van der Waals surface area contributed by atoms with Crippen molar-refractivity contribution in [3.05, 3.63) is 83.3 Å². The highest BCUT2D eigenvalue weighted by Crippen LogP contribution is 2.30. The van der Waals surface area contributed by atoms with E-state index in [1.54, 1.807) is 30.5 Å². The molecule has 2 aromatic carbocycles. The summed E-state index contributed by atoms with van der Waals surface area (Å²) in [6.45, 7) is 1.85. The first kappa shape index (κ1) is 21.7. The molecule has 0 atom stereocenters. The number of aryl methyl sites for hydroxylation is 1. The van der Waals surface area contributed by atoms with Gasteiger partial charge in [0.05, 0.1) is 17.6 Å². The quantitative estimate of drug-likeness (QED) is 0.328. The van der Waals surface area contributed by atoms with Gasteiger partial charge in [-0.2, -0.15) is 0 Å². The van der Waals surface area contributed by atoms with Crippen molar-refractivity contribution in [2.45, 2.75) is 12.1 Å². The van der Waals surface area contributed by atoms with Crippen LogP contribution < -0.4 is 10.9 Å². The first-order chi connectivity index (χ1) is 15.5. The van der Waals surface area contributed by atoms with Crippen molar-refractivity contribution in [1.82, 2.24) is 25.6 Å². The summed E-state index contributed by atoms with van der Waals surface area (Å²) >= 11 is 7.02. The van der Waals surface area contributed by atoms with Gasteiger partial charge in [-0.25, -0.2) is 0 Å². The minimum Gasteiger partial charge on any atom is -0.469 e. The normalized spacial score (nSPS) is 10.7. The predicted octanol–water partition coefficient (Wildman–Crippen LogP) is 4.04. The van der Waals surface area contributed by atoms with E-state index in [0.29, 0.717) is 27.3 Å². The molecular weight excluding hydrogens is 450 g/mol. The predicted molar refractivity (Wildman–Crippen MR) is 122 cm³/mol. The minimum absolute atomic E-state index is 0.0240. The molecule has 0 radical (unpaired) electrons. The molecule has 0 fully saturated rings. The monoisotopic (exact) mass is 467 g/mol. The van der Waals surface area contributed by atoms with E-state index in [9.17, 15) is 9.59 Å². The lowest BCUT2D eigenvalue weighted by Gasteiger charge is -2.10. The van der Waals surface area contributed by atoms with Crippen LogP contribution in [0.3, 0.4) is 0 Å². The van der Waals surface area contributed by atoms with Crippen LogP contribution >= 0.6 is 23.4 Å². The molecule has 0 aliphatic rings. The summed E-state index contributed by atoms with van der Waals surface area (Å²) in [6, 6.07) is 17.8. The lowest BCUT2D eigenvalue weighted by Crippen LogP contribution is -2.42. The number of amides is 2. The van der Waals surface area contributed by atoms with Crippen molar-refractivity contribution in [1.29, 1.82) is 0 Å². The number of benzene rings is 2. The van der Waals surface area contributed by atoms with Gasteiger partial charge in [0.15, 0.2) is 11.0 Å². The summed E-state index contributed by atoms with van der Waals surface area (Å²) in [6.07, 6.45) is 1.60. The molecule has 0 saturated heterocycles. The fraction of sp³-hybridized carbons (Fsp3) is 0.0909. The second kappa shape index (κ2) is 9.71. The Morgan fingerprint density at radius 1 is 1.03 bits per heavy atom. The maximum atomic E-state index is 12.3. The van der Waals surface area contributed by atoms with Crippen LogP contribution in [0.25, 0.3) is 17.1 Å². The molecule has 0 bridgehead atoms. The van der Waals surface area contributed by atoms with E-state index < -0.39 is 5.91 Å². The molecule has 2 aromatic heterocycles. The summed E-state index contributed by atoms with van der Waals surface area (Å²) in [4.78, 5) is 24.4. The van der Waals surface area contributed by atoms with E-state index >= 15 is 0 Å². The van der Waals surface area contributed by atoms with E-state index in [2.05, 4.69) is 21.0 Å². The van der Waals surface area contributed by atoms with Crippen molar-refractivity contribution in [2.24, 2.45) is 0 Å². The van der Waals surface area contributed by atoms with E-state index in [1.807, 2.05) is 47.9 Å². The number of carbonyl (C=O) groups excluding carboxylic acids is 2. The Balaban J connectivity index is 1.45. The maximum Gasteiger partial charge on any atom is 0.269 e. The Morgan fingerprint density at radius 2 is 1.78 bits per heavy atom. The van der Waals surface area contributed by atoms with Gasteiger partial charge in [-0.1, -0.05) is 41.6 Å². The Labute approximate surface area is 193 Å². The zero-order chi connectivity index (χ0) is 22.5.